The van der Waals surface area contributed by atoms with E-state index in [4.69, 9.17) is 5.11 Å². The minimum absolute atomic E-state index is 0.0275. The van der Waals surface area contributed by atoms with Gasteiger partial charge in [-0.25, -0.2) is 13.1 Å². The van der Waals surface area contributed by atoms with Gasteiger partial charge in [0.2, 0.25) is 10.0 Å². The van der Waals surface area contributed by atoms with E-state index in [1.165, 1.54) is 0 Å². The average Bonchev–Trinajstić information content (AvgIpc) is 2.44. The Kier molecular flexibility index (Phi) is 7.44. The van der Waals surface area contributed by atoms with E-state index in [1.807, 2.05) is 0 Å². The van der Waals surface area contributed by atoms with Gasteiger partial charge in [0.1, 0.15) is 0 Å². The van der Waals surface area contributed by atoms with E-state index in [0.29, 0.717) is 18.9 Å². The third-order valence-corrected chi connectivity index (χ3v) is 4.36. The van der Waals surface area contributed by atoms with E-state index in [-0.39, 0.29) is 11.5 Å². The first-order valence-electron chi connectivity index (χ1n) is 7.15. The number of hydrogen-bond donors (Lipinski definition) is 2. The van der Waals surface area contributed by atoms with Crippen LogP contribution in [0.25, 0.3) is 0 Å². The van der Waals surface area contributed by atoms with Gasteiger partial charge in [0.05, 0.1) is 11.5 Å². The van der Waals surface area contributed by atoms with Crippen LogP contribution in [0, 0.1) is 17.8 Å². The first-order valence-corrected chi connectivity index (χ1v) is 8.63. The topological polar surface area (TPSA) is 66.4 Å². The molecule has 1 rings (SSSR count). The molecule has 1 aromatic rings. The Bertz CT molecular complexity index is 580. The van der Waals surface area contributed by atoms with Crippen molar-refractivity contribution in [2.24, 2.45) is 5.92 Å². The zero-order chi connectivity index (χ0) is 15.7. The normalized spacial score (nSPS) is 11.2. The molecule has 0 atom stereocenters. The lowest BCUT2D eigenvalue weighted by molar-refractivity contribution is 0.305. The van der Waals surface area contributed by atoms with Gasteiger partial charge in [0.15, 0.2) is 0 Å². The molecule has 4 nitrogen and oxygen atoms in total. The molecule has 2 N–H and O–H groups in total. The number of rotatable bonds is 7. The Morgan fingerprint density at radius 2 is 1.90 bits per heavy atom. The van der Waals surface area contributed by atoms with Crippen molar-refractivity contribution in [2.75, 3.05) is 13.2 Å². The van der Waals surface area contributed by atoms with Crippen LogP contribution >= 0.6 is 0 Å². The van der Waals surface area contributed by atoms with Crippen LogP contribution < -0.4 is 4.72 Å². The average molecular weight is 309 g/mol. The van der Waals surface area contributed by atoms with Crippen LogP contribution in [-0.2, 0) is 10.0 Å². The van der Waals surface area contributed by atoms with Gasteiger partial charge in [-0.2, -0.15) is 0 Å². The van der Waals surface area contributed by atoms with Crippen molar-refractivity contribution < 1.29 is 13.5 Å². The van der Waals surface area contributed by atoms with Crippen molar-refractivity contribution in [1.29, 1.82) is 0 Å². The SMILES string of the molecule is CC(C)CCCNS(=O)(=O)c1ccc(C#CCCO)cc1. The molecule has 0 aromatic heterocycles. The van der Waals surface area contributed by atoms with Crippen LogP contribution in [0.3, 0.4) is 0 Å². The number of benzene rings is 1. The number of sulfonamides is 1. The first kappa shape index (κ1) is 17.7. The molecule has 116 valence electrons. The molecule has 5 heteroatoms. The highest BCUT2D eigenvalue weighted by Gasteiger charge is 2.12. The number of aliphatic hydroxyl groups excluding tert-OH is 1. The van der Waals surface area contributed by atoms with Gasteiger partial charge in [-0.15, -0.1) is 0 Å². The second-order valence-electron chi connectivity index (χ2n) is 5.23. The molecule has 0 fully saturated rings. The van der Waals surface area contributed by atoms with E-state index in [9.17, 15) is 8.42 Å². The predicted molar refractivity (Wildman–Crippen MR) is 84.3 cm³/mol. The summed E-state index contributed by atoms with van der Waals surface area (Å²) in [6.07, 6.45) is 2.25. The summed E-state index contributed by atoms with van der Waals surface area (Å²) >= 11 is 0. The summed E-state index contributed by atoms with van der Waals surface area (Å²) in [7, 11) is -3.44. The van der Waals surface area contributed by atoms with Crippen molar-refractivity contribution >= 4 is 10.0 Å². The smallest absolute Gasteiger partial charge is 0.240 e. The number of hydrogen-bond acceptors (Lipinski definition) is 3. The fraction of sp³-hybridized carbons (Fsp3) is 0.500. The van der Waals surface area contributed by atoms with E-state index in [1.54, 1.807) is 24.3 Å². The maximum Gasteiger partial charge on any atom is 0.240 e. The Hall–Kier alpha value is -1.35. The Morgan fingerprint density at radius 1 is 1.24 bits per heavy atom. The van der Waals surface area contributed by atoms with Crippen molar-refractivity contribution in [3.05, 3.63) is 29.8 Å². The van der Waals surface area contributed by atoms with Crippen LogP contribution in [-0.4, -0.2) is 26.7 Å². The van der Waals surface area contributed by atoms with Gasteiger partial charge < -0.3 is 5.11 Å². The van der Waals surface area contributed by atoms with Crippen LogP contribution in [0.15, 0.2) is 29.2 Å². The lowest BCUT2D eigenvalue weighted by Gasteiger charge is -2.08. The largest absolute Gasteiger partial charge is 0.395 e. The summed E-state index contributed by atoms with van der Waals surface area (Å²) in [5.74, 6) is 6.24. The van der Waals surface area contributed by atoms with E-state index in [2.05, 4.69) is 30.4 Å². The fourth-order valence-corrected chi connectivity index (χ4v) is 2.81. The fourth-order valence-electron chi connectivity index (χ4n) is 1.74. The molecule has 0 aliphatic heterocycles. The van der Waals surface area contributed by atoms with Gasteiger partial charge >= 0.3 is 0 Å². The Morgan fingerprint density at radius 3 is 2.48 bits per heavy atom. The first-order chi connectivity index (χ1) is 9.95. The summed E-state index contributed by atoms with van der Waals surface area (Å²) in [5.41, 5.74) is 0.738. The zero-order valence-electron chi connectivity index (χ0n) is 12.6. The highest BCUT2D eigenvalue weighted by molar-refractivity contribution is 7.89. The molecule has 21 heavy (non-hydrogen) atoms. The minimum atomic E-state index is -3.44. The van der Waals surface area contributed by atoms with Crippen LogP contribution in [0.4, 0.5) is 0 Å². The molecule has 0 aliphatic rings. The Balaban J connectivity index is 2.61. The summed E-state index contributed by atoms with van der Waals surface area (Å²) in [5, 5.41) is 8.64. The Labute approximate surface area is 127 Å². The van der Waals surface area contributed by atoms with E-state index >= 15 is 0 Å². The summed E-state index contributed by atoms with van der Waals surface area (Å²) in [6, 6.07) is 6.45. The third kappa shape index (κ3) is 6.76. The zero-order valence-corrected chi connectivity index (χ0v) is 13.4. The third-order valence-electron chi connectivity index (χ3n) is 2.88. The van der Waals surface area contributed by atoms with E-state index in [0.717, 1.165) is 18.4 Å². The van der Waals surface area contributed by atoms with Gasteiger partial charge in [0, 0.05) is 18.5 Å². The molecular formula is C16H23NO3S. The molecule has 0 amide bonds. The molecule has 0 saturated heterocycles. The second-order valence-corrected chi connectivity index (χ2v) is 7.00. The predicted octanol–water partition coefficient (Wildman–Crippen LogP) is 2.13. The quantitative estimate of drug-likeness (QED) is 0.599. The lowest BCUT2D eigenvalue weighted by Crippen LogP contribution is -2.25. The van der Waals surface area contributed by atoms with Crippen LogP contribution in [0.2, 0.25) is 0 Å². The lowest BCUT2D eigenvalue weighted by atomic mass is 10.1. The highest BCUT2D eigenvalue weighted by atomic mass is 32.2. The maximum absolute atomic E-state index is 12.1. The maximum atomic E-state index is 12.1. The molecule has 0 bridgehead atoms. The number of nitrogens with one attached hydrogen (secondary N) is 1. The molecule has 0 unspecified atom stereocenters. The molecule has 1 aromatic carbocycles. The second kappa shape index (κ2) is 8.83. The van der Waals surface area contributed by atoms with Crippen molar-refractivity contribution in [1.82, 2.24) is 4.72 Å². The van der Waals surface area contributed by atoms with Crippen molar-refractivity contribution in [3.8, 4) is 11.8 Å². The van der Waals surface area contributed by atoms with Gasteiger partial charge in [-0.05, 0) is 43.0 Å². The highest BCUT2D eigenvalue weighted by Crippen LogP contribution is 2.10. The van der Waals surface area contributed by atoms with Gasteiger partial charge in [-0.1, -0.05) is 25.7 Å². The van der Waals surface area contributed by atoms with Crippen molar-refractivity contribution in [3.63, 3.8) is 0 Å². The van der Waals surface area contributed by atoms with E-state index < -0.39 is 10.0 Å². The monoisotopic (exact) mass is 309 g/mol. The standard InChI is InChI=1S/C16H23NO3S/c1-14(2)6-5-12-17-21(19,20)16-10-8-15(9-11-16)7-3-4-13-18/h8-11,14,17-18H,4-6,12-13H2,1-2H3. The van der Waals surface area contributed by atoms with Gasteiger partial charge in [-0.3, -0.25) is 0 Å². The van der Waals surface area contributed by atoms with Crippen LogP contribution in [0.5, 0.6) is 0 Å². The molecular weight excluding hydrogens is 286 g/mol. The summed E-state index contributed by atoms with van der Waals surface area (Å²) < 4.78 is 26.7. The summed E-state index contributed by atoms with van der Waals surface area (Å²) in [4.78, 5) is 0.250. The molecule has 0 aliphatic carbocycles. The molecule has 0 spiro atoms. The molecule has 0 radical (unpaired) electrons. The van der Waals surface area contributed by atoms with Crippen molar-refractivity contribution in [2.45, 2.75) is 38.0 Å². The minimum Gasteiger partial charge on any atom is -0.395 e. The van der Waals surface area contributed by atoms with Gasteiger partial charge in [0.25, 0.3) is 0 Å². The molecule has 0 saturated carbocycles. The molecule has 0 heterocycles. The van der Waals surface area contributed by atoms with Crippen LogP contribution in [0.1, 0.15) is 38.7 Å². The number of aliphatic hydroxyl groups is 1. The summed E-state index contributed by atoms with van der Waals surface area (Å²) in [6.45, 7) is 4.72.